The monoisotopic (exact) mass is 203 g/mol. The molecule has 0 heterocycles. The Kier molecular flexibility index (Phi) is 4.55. The first-order valence-electron chi connectivity index (χ1n) is 4.91. The number of nitrogens with zero attached hydrogens (tertiary/aromatic N) is 1. The fraction of sp³-hybridized carbons (Fsp3) is 0.900. The standard InChI is InChI=1S/C10H21NO3/c1-5-6-10(14,7-9(12)13)8-11(2,3)4/h14H,5-8H2,1-4H3/t10-/m1/s1. The van der Waals surface area contributed by atoms with E-state index < -0.39 is 11.6 Å². The van der Waals surface area contributed by atoms with Crippen molar-refractivity contribution in [1.29, 1.82) is 0 Å². The van der Waals surface area contributed by atoms with Gasteiger partial charge in [0.1, 0.15) is 12.1 Å². The number of aliphatic hydroxyl groups is 1. The van der Waals surface area contributed by atoms with E-state index in [4.69, 9.17) is 0 Å². The Bertz CT molecular complexity index is 198. The summed E-state index contributed by atoms with van der Waals surface area (Å²) in [7, 11) is 5.78. The third-order valence-electron chi connectivity index (χ3n) is 1.96. The Morgan fingerprint density at radius 3 is 2.21 bits per heavy atom. The predicted molar refractivity (Wildman–Crippen MR) is 52.4 cm³/mol. The number of hydrogen-bond donors (Lipinski definition) is 1. The van der Waals surface area contributed by atoms with Gasteiger partial charge in [-0.3, -0.25) is 0 Å². The Balaban J connectivity index is 4.46. The van der Waals surface area contributed by atoms with Gasteiger partial charge in [0.2, 0.25) is 0 Å². The van der Waals surface area contributed by atoms with Gasteiger partial charge in [-0.25, -0.2) is 0 Å². The molecule has 4 heteroatoms. The molecule has 0 amide bonds. The lowest BCUT2D eigenvalue weighted by Crippen LogP contribution is -2.51. The topological polar surface area (TPSA) is 60.4 Å². The summed E-state index contributed by atoms with van der Waals surface area (Å²) in [6, 6.07) is 0. The molecule has 0 radical (unpaired) electrons. The molecule has 0 aromatic carbocycles. The molecule has 0 aliphatic heterocycles. The number of quaternary nitrogens is 1. The molecule has 0 bridgehead atoms. The van der Waals surface area contributed by atoms with Crippen LogP contribution < -0.4 is 5.11 Å². The van der Waals surface area contributed by atoms with Crippen molar-refractivity contribution in [2.75, 3.05) is 27.7 Å². The van der Waals surface area contributed by atoms with Crippen molar-refractivity contribution in [1.82, 2.24) is 0 Å². The highest BCUT2D eigenvalue weighted by Gasteiger charge is 2.32. The molecule has 84 valence electrons. The molecular weight excluding hydrogens is 182 g/mol. The van der Waals surface area contributed by atoms with Gasteiger partial charge in [-0.1, -0.05) is 13.3 Å². The first-order chi connectivity index (χ1) is 6.18. The number of carboxylic acids is 1. The average molecular weight is 203 g/mol. The van der Waals surface area contributed by atoms with Crippen LogP contribution in [0.5, 0.6) is 0 Å². The fourth-order valence-corrected chi connectivity index (χ4v) is 1.84. The third-order valence-corrected chi connectivity index (χ3v) is 1.96. The molecular formula is C10H21NO3. The quantitative estimate of drug-likeness (QED) is 0.584. The highest BCUT2D eigenvalue weighted by molar-refractivity contribution is 5.65. The molecule has 0 spiro atoms. The van der Waals surface area contributed by atoms with Crippen LogP contribution in [-0.4, -0.2) is 48.8 Å². The van der Waals surface area contributed by atoms with E-state index in [1.54, 1.807) is 0 Å². The second-order valence-corrected chi connectivity index (χ2v) is 4.97. The smallest absolute Gasteiger partial charge is 0.119 e. The van der Waals surface area contributed by atoms with Crippen LogP contribution >= 0.6 is 0 Å². The molecule has 1 N–H and O–H groups in total. The minimum Gasteiger partial charge on any atom is -0.550 e. The minimum atomic E-state index is -1.19. The molecule has 0 aliphatic carbocycles. The highest BCUT2D eigenvalue weighted by atomic mass is 16.4. The zero-order valence-electron chi connectivity index (χ0n) is 9.54. The van der Waals surface area contributed by atoms with Gasteiger partial charge in [0.05, 0.1) is 21.1 Å². The van der Waals surface area contributed by atoms with Gasteiger partial charge in [-0.2, -0.15) is 0 Å². The average Bonchev–Trinajstić information content (AvgIpc) is 1.78. The van der Waals surface area contributed by atoms with Crippen LogP contribution in [0.25, 0.3) is 0 Å². The minimum absolute atomic E-state index is 0.281. The van der Waals surface area contributed by atoms with Crippen LogP contribution in [0.3, 0.4) is 0 Å². The molecule has 0 aliphatic rings. The van der Waals surface area contributed by atoms with E-state index in [0.29, 0.717) is 17.4 Å². The number of carbonyl (C=O) groups is 1. The van der Waals surface area contributed by atoms with Gasteiger partial charge in [0.15, 0.2) is 0 Å². The maximum absolute atomic E-state index is 10.5. The number of carboxylic acid groups (broad SMARTS) is 1. The lowest BCUT2D eigenvalue weighted by Gasteiger charge is -2.35. The molecule has 0 unspecified atom stereocenters. The number of hydrogen-bond acceptors (Lipinski definition) is 3. The van der Waals surface area contributed by atoms with E-state index in [0.717, 1.165) is 6.42 Å². The van der Waals surface area contributed by atoms with E-state index in [1.165, 1.54) is 0 Å². The molecule has 0 saturated heterocycles. The predicted octanol–water partition coefficient (Wildman–Crippen LogP) is -0.636. The lowest BCUT2D eigenvalue weighted by atomic mass is 9.93. The zero-order valence-corrected chi connectivity index (χ0v) is 9.54. The summed E-state index contributed by atoms with van der Waals surface area (Å²) < 4.78 is 0.545. The van der Waals surface area contributed by atoms with Crippen molar-refractivity contribution < 1.29 is 19.5 Å². The molecule has 0 rings (SSSR count). The van der Waals surface area contributed by atoms with Crippen LogP contribution in [0.1, 0.15) is 26.2 Å². The van der Waals surface area contributed by atoms with E-state index in [1.807, 2.05) is 28.1 Å². The molecule has 0 aromatic rings. The normalized spacial score (nSPS) is 16.4. The Labute approximate surface area is 85.7 Å². The molecule has 0 saturated carbocycles. The molecule has 1 atom stereocenters. The molecule has 0 aromatic heterocycles. The van der Waals surface area contributed by atoms with E-state index >= 15 is 0 Å². The van der Waals surface area contributed by atoms with Gasteiger partial charge in [0.25, 0.3) is 0 Å². The Morgan fingerprint density at radius 2 is 1.93 bits per heavy atom. The van der Waals surface area contributed by atoms with E-state index in [-0.39, 0.29) is 6.42 Å². The number of aliphatic carboxylic acids is 1. The summed E-state index contributed by atoms with van der Waals surface area (Å²) in [6.07, 6.45) is 0.983. The number of likely N-dealkylation sites (N-methyl/N-ethyl adjacent to an activating group) is 1. The van der Waals surface area contributed by atoms with Crippen LogP contribution in [0.4, 0.5) is 0 Å². The summed E-state index contributed by atoms with van der Waals surface area (Å²) >= 11 is 0. The largest absolute Gasteiger partial charge is 0.550 e. The van der Waals surface area contributed by atoms with E-state index in [2.05, 4.69) is 0 Å². The second kappa shape index (κ2) is 4.75. The van der Waals surface area contributed by atoms with Gasteiger partial charge in [-0.05, 0) is 6.42 Å². The first kappa shape index (κ1) is 13.4. The van der Waals surface area contributed by atoms with Crippen molar-refractivity contribution >= 4 is 5.97 Å². The van der Waals surface area contributed by atoms with Crippen LogP contribution in [0.2, 0.25) is 0 Å². The summed E-state index contributed by atoms with van der Waals surface area (Å²) in [5.74, 6) is -1.19. The molecule has 4 nitrogen and oxygen atoms in total. The second-order valence-electron chi connectivity index (χ2n) is 4.97. The number of rotatable bonds is 6. The van der Waals surface area contributed by atoms with Crippen LogP contribution in [0.15, 0.2) is 0 Å². The van der Waals surface area contributed by atoms with Crippen molar-refractivity contribution in [2.24, 2.45) is 0 Å². The highest BCUT2D eigenvalue weighted by Crippen LogP contribution is 2.19. The van der Waals surface area contributed by atoms with Gasteiger partial charge in [-0.15, -0.1) is 0 Å². The summed E-state index contributed by atoms with van der Waals surface area (Å²) in [4.78, 5) is 10.5. The van der Waals surface area contributed by atoms with Gasteiger partial charge < -0.3 is 19.5 Å². The van der Waals surface area contributed by atoms with Crippen LogP contribution in [-0.2, 0) is 4.79 Å². The Hall–Kier alpha value is -0.610. The molecule has 14 heavy (non-hydrogen) atoms. The molecule has 0 fully saturated rings. The van der Waals surface area contributed by atoms with Crippen molar-refractivity contribution in [3.05, 3.63) is 0 Å². The maximum atomic E-state index is 10.5. The summed E-state index contributed by atoms with van der Waals surface area (Å²) in [5, 5.41) is 20.6. The SMILES string of the molecule is CCC[C@@](O)(CC(=O)[O-])C[N+](C)(C)C. The first-order valence-corrected chi connectivity index (χ1v) is 4.91. The van der Waals surface area contributed by atoms with Crippen LogP contribution in [0, 0.1) is 0 Å². The Morgan fingerprint density at radius 1 is 1.43 bits per heavy atom. The zero-order chi connectivity index (χ0) is 11.4. The number of carbonyl (C=O) groups excluding carboxylic acids is 1. The fourth-order valence-electron chi connectivity index (χ4n) is 1.84. The summed E-state index contributed by atoms with van der Waals surface area (Å²) in [5.41, 5.74) is -1.13. The van der Waals surface area contributed by atoms with Crippen molar-refractivity contribution in [3.8, 4) is 0 Å². The van der Waals surface area contributed by atoms with Crippen molar-refractivity contribution in [2.45, 2.75) is 31.8 Å². The summed E-state index contributed by atoms with van der Waals surface area (Å²) in [6.45, 7) is 2.35. The van der Waals surface area contributed by atoms with Gasteiger partial charge in [0, 0.05) is 12.4 Å². The van der Waals surface area contributed by atoms with E-state index in [9.17, 15) is 15.0 Å². The van der Waals surface area contributed by atoms with Crippen molar-refractivity contribution in [3.63, 3.8) is 0 Å². The maximum Gasteiger partial charge on any atom is 0.119 e. The lowest BCUT2D eigenvalue weighted by molar-refractivity contribution is -0.877. The van der Waals surface area contributed by atoms with Gasteiger partial charge >= 0.3 is 0 Å². The third kappa shape index (κ3) is 5.94.